The van der Waals surface area contributed by atoms with Gasteiger partial charge in [0.1, 0.15) is 12.3 Å². The van der Waals surface area contributed by atoms with Crippen LogP contribution < -0.4 is 10.1 Å². The van der Waals surface area contributed by atoms with Crippen LogP contribution in [-0.4, -0.2) is 33.2 Å². The Morgan fingerprint density at radius 2 is 2.30 bits per heavy atom. The molecule has 23 heavy (non-hydrogen) atoms. The zero-order chi connectivity index (χ0) is 16.2. The number of halogens is 1. The van der Waals surface area contributed by atoms with Gasteiger partial charge >= 0.3 is 0 Å². The monoisotopic (exact) mass is 349 g/mol. The molecule has 0 unspecified atom stereocenters. The molecule has 0 saturated heterocycles. The highest BCUT2D eigenvalue weighted by Crippen LogP contribution is 2.27. The van der Waals surface area contributed by atoms with Gasteiger partial charge in [-0.25, -0.2) is 0 Å². The number of rotatable bonds is 5. The lowest BCUT2D eigenvalue weighted by atomic mass is 10.3. The van der Waals surface area contributed by atoms with E-state index in [-0.39, 0.29) is 12.5 Å². The van der Waals surface area contributed by atoms with Crippen LogP contribution in [0.5, 0.6) is 5.75 Å². The Bertz CT molecular complexity index is 818. The van der Waals surface area contributed by atoms with E-state index in [0.717, 1.165) is 4.88 Å². The number of methoxy groups -OCH3 is 1. The van der Waals surface area contributed by atoms with Crippen LogP contribution in [0, 0.1) is 0 Å². The lowest BCUT2D eigenvalue weighted by molar-refractivity contribution is -0.117. The van der Waals surface area contributed by atoms with E-state index < -0.39 is 0 Å². The SMILES string of the molecule is COc1ccc(NC(=O)Cn2nnc(-c3cccs3)n2)cc1Cl. The second-order valence-corrected chi connectivity index (χ2v) is 5.87. The first-order valence-electron chi connectivity index (χ1n) is 6.61. The molecule has 0 saturated carbocycles. The molecule has 1 aromatic carbocycles. The molecule has 2 heterocycles. The maximum absolute atomic E-state index is 12.0. The van der Waals surface area contributed by atoms with E-state index in [0.29, 0.717) is 22.3 Å². The summed E-state index contributed by atoms with van der Waals surface area (Å²) < 4.78 is 5.06. The molecule has 2 aromatic heterocycles. The third-order valence-corrected chi connectivity index (χ3v) is 4.08. The van der Waals surface area contributed by atoms with Gasteiger partial charge in [0.2, 0.25) is 11.7 Å². The fourth-order valence-electron chi connectivity index (χ4n) is 1.89. The molecule has 1 amide bonds. The molecule has 0 aliphatic rings. The topological polar surface area (TPSA) is 81.9 Å². The molecule has 9 heteroatoms. The van der Waals surface area contributed by atoms with Crippen molar-refractivity contribution in [1.29, 1.82) is 0 Å². The quantitative estimate of drug-likeness (QED) is 0.765. The van der Waals surface area contributed by atoms with Crippen molar-refractivity contribution in [2.75, 3.05) is 12.4 Å². The van der Waals surface area contributed by atoms with Crippen molar-refractivity contribution in [3.8, 4) is 16.5 Å². The van der Waals surface area contributed by atoms with Crippen molar-refractivity contribution in [2.24, 2.45) is 0 Å². The first-order chi connectivity index (χ1) is 11.2. The normalized spacial score (nSPS) is 10.5. The average molecular weight is 350 g/mol. The first-order valence-corrected chi connectivity index (χ1v) is 7.86. The number of benzene rings is 1. The second-order valence-electron chi connectivity index (χ2n) is 4.52. The van der Waals surface area contributed by atoms with Gasteiger partial charge in [0, 0.05) is 5.69 Å². The summed E-state index contributed by atoms with van der Waals surface area (Å²) in [5.74, 6) is 0.768. The molecule has 0 radical (unpaired) electrons. The van der Waals surface area contributed by atoms with Crippen molar-refractivity contribution in [3.05, 3.63) is 40.7 Å². The molecule has 1 N–H and O–H groups in total. The summed E-state index contributed by atoms with van der Waals surface area (Å²) in [6, 6.07) is 8.80. The van der Waals surface area contributed by atoms with Gasteiger partial charge in [-0.2, -0.15) is 4.80 Å². The van der Waals surface area contributed by atoms with Crippen LogP contribution in [0.15, 0.2) is 35.7 Å². The van der Waals surface area contributed by atoms with Crippen molar-refractivity contribution in [3.63, 3.8) is 0 Å². The minimum atomic E-state index is -0.277. The van der Waals surface area contributed by atoms with E-state index in [1.165, 1.54) is 23.2 Å². The van der Waals surface area contributed by atoms with Crippen LogP contribution in [0.4, 0.5) is 5.69 Å². The van der Waals surface area contributed by atoms with Crippen LogP contribution in [0.25, 0.3) is 10.7 Å². The summed E-state index contributed by atoms with van der Waals surface area (Å²) in [6.07, 6.45) is 0. The number of hydrogen-bond acceptors (Lipinski definition) is 6. The highest BCUT2D eigenvalue weighted by atomic mass is 35.5. The van der Waals surface area contributed by atoms with E-state index in [4.69, 9.17) is 16.3 Å². The molecular formula is C14H12ClN5O2S. The van der Waals surface area contributed by atoms with E-state index >= 15 is 0 Å². The fourth-order valence-corrected chi connectivity index (χ4v) is 2.79. The van der Waals surface area contributed by atoms with Crippen LogP contribution in [-0.2, 0) is 11.3 Å². The fraction of sp³-hybridized carbons (Fsp3) is 0.143. The number of ether oxygens (including phenoxy) is 1. The van der Waals surface area contributed by atoms with E-state index in [1.54, 1.807) is 18.2 Å². The maximum Gasteiger partial charge on any atom is 0.248 e. The molecule has 0 bridgehead atoms. The lowest BCUT2D eigenvalue weighted by Gasteiger charge is -2.07. The Hall–Kier alpha value is -2.45. The molecule has 0 aliphatic heterocycles. The van der Waals surface area contributed by atoms with Crippen molar-refractivity contribution >= 4 is 34.5 Å². The summed E-state index contributed by atoms with van der Waals surface area (Å²) in [7, 11) is 1.53. The van der Waals surface area contributed by atoms with Crippen molar-refractivity contribution < 1.29 is 9.53 Å². The van der Waals surface area contributed by atoms with Crippen LogP contribution in [0.2, 0.25) is 5.02 Å². The van der Waals surface area contributed by atoms with Crippen molar-refractivity contribution in [1.82, 2.24) is 20.2 Å². The molecule has 3 aromatic rings. The molecule has 0 aliphatic carbocycles. The molecule has 0 fully saturated rings. The van der Waals surface area contributed by atoms with Crippen LogP contribution in [0.1, 0.15) is 0 Å². The molecule has 7 nitrogen and oxygen atoms in total. The van der Waals surface area contributed by atoms with E-state index in [1.807, 2.05) is 17.5 Å². The smallest absolute Gasteiger partial charge is 0.248 e. The molecule has 0 atom stereocenters. The summed E-state index contributed by atoms with van der Waals surface area (Å²) in [4.78, 5) is 14.2. The number of nitrogens with zero attached hydrogens (tertiary/aromatic N) is 4. The third-order valence-electron chi connectivity index (χ3n) is 2.91. The van der Waals surface area contributed by atoms with Gasteiger partial charge in [-0.15, -0.1) is 21.5 Å². The van der Waals surface area contributed by atoms with Crippen molar-refractivity contribution in [2.45, 2.75) is 6.54 Å². The number of amides is 1. The Balaban J connectivity index is 1.64. The zero-order valence-corrected chi connectivity index (χ0v) is 13.6. The van der Waals surface area contributed by atoms with Gasteiger partial charge in [0.05, 0.1) is 17.0 Å². The number of tetrazole rings is 1. The van der Waals surface area contributed by atoms with Gasteiger partial charge in [-0.05, 0) is 34.9 Å². The summed E-state index contributed by atoms with van der Waals surface area (Å²) in [5.41, 5.74) is 0.569. The number of thiophene rings is 1. The number of nitrogens with one attached hydrogen (secondary N) is 1. The largest absolute Gasteiger partial charge is 0.495 e. The minimum Gasteiger partial charge on any atom is -0.495 e. The minimum absolute atomic E-state index is 0.0397. The number of carbonyl (C=O) groups excluding carboxylic acids is 1. The van der Waals surface area contributed by atoms with Gasteiger partial charge in [0.25, 0.3) is 0 Å². The zero-order valence-electron chi connectivity index (χ0n) is 12.1. The highest BCUT2D eigenvalue weighted by Gasteiger charge is 2.11. The van der Waals surface area contributed by atoms with E-state index in [2.05, 4.69) is 20.7 Å². The van der Waals surface area contributed by atoms with Gasteiger partial charge in [-0.3, -0.25) is 4.79 Å². The second kappa shape index (κ2) is 6.76. The van der Waals surface area contributed by atoms with Gasteiger partial charge < -0.3 is 10.1 Å². The summed E-state index contributed by atoms with van der Waals surface area (Å²) in [6.45, 7) is -0.0397. The Kier molecular flexibility index (Phi) is 4.54. The first kappa shape index (κ1) is 15.4. The predicted octanol–water partition coefficient (Wildman–Crippen LogP) is 2.70. The lowest BCUT2D eigenvalue weighted by Crippen LogP contribution is -2.20. The Labute approximate surface area is 140 Å². The summed E-state index contributed by atoms with van der Waals surface area (Å²) >= 11 is 7.53. The van der Waals surface area contributed by atoms with Gasteiger partial charge in [0.15, 0.2) is 0 Å². The third kappa shape index (κ3) is 3.66. The average Bonchev–Trinajstić information content (AvgIpc) is 3.18. The number of aromatic nitrogens is 4. The number of hydrogen-bond donors (Lipinski definition) is 1. The standard InChI is InChI=1S/C14H12ClN5O2S/c1-22-11-5-4-9(7-10(11)15)16-13(21)8-20-18-14(17-19-20)12-3-2-6-23-12/h2-7H,8H2,1H3,(H,16,21). The van der Waals surface area contributed by atoms with E-state index in [9.17, 15) is 4.79 Å². The molecule has 3 rings (SSSR count). The molecule has 0 spiro atoms. The number of anilines is 1. The highest BCUT2D eigenvalue weighted by molar-refractivity contribution is 7.13. The predicted molar refractivity (Wildman–Crippen MR) is 87.8 cm³/mol. The number of carbonyl (C=O) groups is 1. The summed E-state index contributed by atoms with van der Waals surface area (Å²) in [5, 5.41) is 17.1. The maximum atomic E-state index is 12.0. The Morgan fingerprint density at radius 1 is 1.43 bits per heavy atom. The molecule has 118 valence electrons. The Morgan fingerprint density at radius 3 is 3.00 bits per heavy atom. The molecular weight excluding hydrogens is 338 g/mol. The van der Waals surface area contributed by atoms with Gasteiger partial charge in [-0.1, -0.05) is 17.7 Å². The van der Waals surface area contributed by atoms with Crippen LogP contribution in [0.3, 0.4) is 0 Å². The van der Waals surface area contributed by atoms with Crippen LogP contribution >= 0.6 is 22.9 Å².